The molecule has 0 aliphatic heterocycles. The van der Waals surface area contributed by atoms with Gasteiger partial charge in [-0.25, -0.2) is 0 Å². The van der Waals surface area contributed by atoms with Crippen molar-refractivity contribution in [2.45, 2.75) is 18.7 Å². The molecule has 0 radical (unpaired) electrons. The summed E-state index contributed by atoms with van der Waals surface area (Å²) in [6.07, 6.45) is -0.581. The van der Waals surface area contributed by atoms with Gasteiger partial charge >= 0.3 is 0 Å². The molecule has 0 bridgehead atoms. The monoisotopic (exact) mass is 238 g/mol. The Labute approximate surface area is 99.0 Å². The molecule has 0 amide bonds. The lowest BCUT2D eigenvalue weighted by Crippen LogP contribution is -2.20. The topological polar surface area (TPSA) is 84.0 Å². The molecule has 0 fully saturated rings. The van der Waals surface area contributed by atoms with Crippen LogP contribution in [0.4, 0.5) is 4.39 Å². The van der Waals surface area contributed by atoms with E-state index in [1.807, 2.05) is 12.1 Å². The largest absolute Gasteiger partial charge is 0.376 e. The molecule has 1 aromatic carbocycles. The van der Waals surface area contributed by atoms with E-state index in [-0.39, 0.29) is 0 Å². The molecule has 2 N–H and O–H groups in total. The van der Waals surface area contributed by atoms with Crippen molar-refractivity contribution in [2.75, 3.05) is 13.8 Å². The van der Waals surface area contributed by atoms with E-state index in [0.29, 0.717) is 6.54 Å². The Kier molecular flexibility index (Phi) is 5.42. The van der Waals surface area contributed by atoms with E-state index in [4.69, 9.17) is 16.0 Å². The van der Waals surface area contributed by atoms with Crippen molar-refractivity contribution in [2.24, 2.45) is 10.8 Å². The van der Waals surface area contributed by atoms with Crippen molar-refractivity contribution in [3.8, 4) is 0 Å². The highest BCUT2D eigenvalue weighted by atomic mass is 19.1. The zero-order chi connectivity index (χ0) is 12.7. The number of azide groups is 1. The van der Waals surface area contributed by atoms with Gasteiger partial charge in [-0.1, -0.05) is 29.4 Å². The minimum Gasteiger partial charge on any atom is -0.376 e. The van der Waals surface area contributed by atoms with Crippen LogP contribution in [0.15, 0.2) is 29.4 Å². The van der Waals surface area contributed by atoms with E-state index in [1.54, 1.807) is 12.1 Å². The second-order valence-electron chi connectivity index (χ2n) is 3.53. The Morgan fingerprint density at radius 2 is 2.12 bits per heavy atom. The van der Waals surface area contributed by atoms with E-state index in [2.05, 4.69) is 10.0 Å². The van der Waals surface area contributed by atoms with E-state index >= 15 is 0 Å². The third-order valence-electron chi connectivity index (χ3n) is 2.51. The summed E-state index contributed by atoms with van der Waals surface area (Å²) in [5.41, 5.74) is 15.6. The second-order valence-corrected chi connectivity index (χ2v) is 3.53. The lowest BCUT2D eigenvalue weighted by atomic mass is 10.0. The summed E-state index contributed by atoms with van der Waals surface area (Å²) in [5, 5.41) is 3.39. The first-order chi connectivity index (χ1) is 8.26. The van der Waals surface area contributed by atoms with Crippen molar-refractivity contribution < 1.29 is 9.13 Å². The SMILES string of the molecule is CO[C@H](c1ccc(CN)cc1)[C@@H](CF)N=[N+]=[N-]. The fourth-order valence-electron chi connectivity index (χ4n) is 1.60. The highest BCUT2D eigenvalue weighted by Gasteiger charge is 2.21. The predicted molar refractivity (Wildman–Crippen MR) is 63.0 cm³/mol. The Morgan fingerprint density at radius 1 is 1.47 bits per heavy atom. The van der Waals surface area contributed by atoms with Gasteiger partial charge in [-0.15, -0.1) is 0 Å². The van der Waals surface area contributed by atoms with Gasteiger partial charge in [0.15, 0.2) is 0 Å². The molecule has 0 aromatic heterocycles. The first kappa shape index (κ1) is 13.4. The van der Waals surface area contributed by atoms with E-state index in [0.717, 1.165) is 11.1 Å². The molecular weight excluding hydrogens is 223 g/mol. The van der Waals surface area contributed by atoms with Crippen molar-refractivity contribution in [3.05, 3.63) is 45.8 Å². The normalized spacial score (nSPS) is 13.8. The molecule has 1 aromatic rings. The number of nitrogens with two attached hydrogens (primary N) is 1. The highest BCUT2D eigenvalue weighted by Crippen LogP contribution is 2.24. The van der Waals surface area contributed by atoms with Crippen molar-refractivity contribution in [3.63, 3.8) is 0 Å². The molecule has 0 saturated heterocycles. The molecular formula is C11H15FN4O. The van der Waals surface area contributed by atoms with Gasteiger partial charge in [0.25, 0.3) is 0 Å². The average Bonchev–Trinajstić information content (AvgIpc) is 2.39. The van der Waals surface area contributed by atoms with Gasteiger partial charge in [-0.2, -0.15) is 0 Å². The Morgan fingerprint density at radius 3 is 2.53 bits per heavy atom. The maximum atomic E-state index is 12.7. The number of halogens is 1. The third kappa shape index (κ3) is 3.42. The minimum absolute atomic E-state index is 0.445. The molecule has 17 heavy (non-hydrogen) atoms. The summed E-state index contributed by atoms with van der Waals surface area (Å²) in [5.74, 6) is 0. The quantitative estimate of drug-likeness (QED) is 0.469. The molecule has 0 spiro atoms. The number of nitrogens with zero attached hydrogens (tertiary/aromatic N) is 3. The average molecular weight is 238 g/mol. The number of hydrogen-bond donors (Lipinski definition) is 1. The van der Waals surface area contributed by atoms with Crippen LogP contribution in [-0.2, 0) is 11.3 Å². The van der Waals surface area contributed by atoms with Gasteiger partial charge in [0.1, 0.15) is 6.67 Å². The molecule has 92 valence electrons. The Hall–Kier alpha value is -1.62. The summed E-state index contributed by atoms with van der Waals surface area (Å²) >= 11 is 0. The summed E-state index contributed by atoms with van der Waals surface area (Å²) in [6.45, 7) is -0.317. The molecule has 0 aliphatic carbocycles. The van der Waals surface area contributed by atoms with Crippen LogP contribution in [0.25, 0.3) is 10.4 Å². The predicted octanol–water partition coefficient (Wildman–Crippen LogP) is 2.48. The van der Waals surface area contributed by atoms with E-state index < -0.39 is 18.8 Å². The molecule has 0 unspecified atom stereocenters. The maximum Gasteiger partial charge on any atom is 0.101 e. The van der Waals surface area contributed by atoms with Crippen LogP contribution in [0.1, 0.15) is 17.2 Å². The molecule has 0 aliphatic rings. The molecule has 0 saturated carbocycles. The first-order valence-corrected chi connectivity index (χ1v) is 5.18. The fourth-order valence-corrected chi connectivity index (χ4v) is 1.60. The van der Waals surface area contributed by atoms with E-state index in [9.17, 15) is 4.39 Å². The van der Waals surface area contributed by atoms with Crippen LogP contribution in [0.3, 0.4) is 0 Å². The summed E-state index contributed by atoms with van der Waals surface area (Å²) < 4.78 is 17.9. The lowest BCUT2D eigenvalue weighted by molar-refractivity contribution is 0.0722. The van der Waals surface area contributed by atoms with Crippen LogP contribution < -0.4 is 5.73 Å². The molecule has 6 heteroatoms. The Balaban J connectivity index is 2.94. The van der Waals surface area contributed by atoms with Crippen LogP contribution in [0, 0.1) is 0 Å². The van der Waals surface area contributed by atoms with Crippen molar-refractivity contribution >= 4 is 0 Å². The van der Waals surface area contributed by atoms with Gasteiger partial charge in [-0.05, 0) is 16.7 Å². The van der Waals surface area contributed by atoms with Crippen LogP contribution in [0.2, 0.25) is 0 Å². The maximum absolute atomic E-state index is 12.7. The van der Waals surface area contributed by atoms with Gasteiger partial charge in [0.2, 0.25) is 0 Å². The van der Waals surface area contributed by atoms with E-state index in [1.165, 1.54) is 7.11 Å². The van der Waals surface area contributed by atoms with Crippen LogP contribution in [0.5, 0.6) is 0 Å². The van der Waals surface area contributed by atoms with Gasteiger partial charge in [0.05, 0.1) is 12.1 Å². The van der Waals surface area contributed by atoms with Gasteiger partial charge in [-0.3, -0.25) is 4.39 Å². The first-order valence-electron chi connectivity index (χ1n) is 5.18. The van der Waals surface area contributed by atoms with Crippen LogP contribution in [-0.4, -0.2) is 19.8 Å². The standard InChI is InChI=1S/C11H15FN4O/c1-17-11(10(6-12)15-16-14)9-4-2-8(7-13)3-5-9/h2-5,10-11H,6-7,13H2,1H3/t10-,11-/m1/s1. The van der Waals surface area contributed by atoms with Gasteiger partial charge in [0, 0.05) is 18.6 Å². The molecule has 1 rings (SSSR count). The van der Waals surface area contributed by atoms with Gasteiger partial charge < -0.3 is 10.5 Å². The number of methoxy groups -OCH3 is 1. The molecule has 0 heterocycles. The third-order valence-corrected chi connectivity index (χ3v) is 2.51. The smallest absolute Gasteiger partial charge is 0.101 e. The van der Waals surface area contributed by atoms with Crippen molar-refractivity contribution in [1.82, 2.24) is 0 Å². The van der Waals surface area contributed by atoms with Crippen LogP contribution >= 0.6 is 0 Å². The Bertz CT molecular complexity index is 389. The summed E-state index contributed by atoms with van der Waals surface area (Å²) in [4.78, 5) is 2.62. The number of benzene rings is 1. The zero-order valence-electron chi connectivity index (χ0n) is 9.58. The zero-order valence-corrected chi connectivity index (χ0v) is 9.58. The second kappa shape index (κ2) is 6.85. The number of alkyl halides is 1. The van der Waals surface area contributed by atoms with Crippen molar-refractivity contribution in [1.29, 1.82) is 0 Å². The number of ether oxygens (including phenoxy) is 1. The number of rotatable bonds is 6. The molecule has 2 atom stereocenters. The lowest BCUT2D eigenvalue weighted by Gasteiger charge is -2.20. The highest BCUT2D eigenvalue weighted by molar-refractivity contribution is 5.25. The molecule has 5 nitrogen and oxygen atoms in total. The number of hydrogen-bond acceptors (Lipinski definition) is 3. The summed E-state index contributed by atoms with van der Waals surface area (Å²) in [6, 6.07) is 6.42. The minimum atomic E-state index is -0.853. The fraction of sp³-hybridized carbons (Fsp3) is 0.455. The summed E-state index contributed by atoms with van der Waals surface area (Å²) in [7, 11) is 1.46.